The van der Waals surface area contributed by atoms with E-state index < -0.39 is 410 Å². The fourth-order valence-corrected chi connectivity index (χ4v) is 16.4. The van der Waals surface area contributed by atoms with Crippen LogP contribution in [0.3, 0.4) is 0 Å². The van der Waals surface area contributed by atoms with Crippen molar-refractivity contribution in [1.82, 2.24) is 0 Å². The van der Waals surface area contributed by atoms with Gasteiger partial charge in [-0.2, -0.15) is 0 Å². The zero-order chi connectivity index (χ0) is 88.1. The minimum absolute atomic E-state index is 1.15. The highest BCUT2D eigenvalue weighted by molar-refractivity contribution is 5.05. The lowest BCUT2D eigenvalue weighted by Crippen LogP contribution is -2.68. The van der Waals surface area contributed by atoms with Crippen LogP contribution in [0.1, 0.15) is 0 Å². The van der Waals surface area contributed by atoms with Gasteiger partial charge in [0.15, 0.2) is 69.2 Å². The molecule has 33 heterocycles. The molecule has 33 fully saturated rings. The number of aliphatic hydroxyl groups excluding tert-OH is 33. The van der Waals surface area contributed by atoms with Crippen LogP contribution in [0.25, 0.3) is 0 Å². The molecule has 0 aliphatic carbocycles. The SMILES string of the molecule is OCC1O[C@@H]2O[C@H]3[C@H](O)[C@@H](O)[C@@H](O[C@H]4[C@H](O)[C@@H](O)[C@@H](O[C@H]5[C@H](O)[C@@H](O)C(OC6[C@@H](CO)OC(OC7[C@@H](O)[C@@H](O)[C@@H](O[C@H]8[C@H](O)[C@@H](O)[C@@H](O[C@H]9[C@H](O)[C@@H](O)[C@@H](O[C@@H]%10C(CO)O[C@H](O[C@H]%11[C@H](O)[C@@H](O)[C@@H](O[C@H]%12[C@H](O)[C@@H](O)[C@@H](O[C@H]1[C@H](O)[C@H]2O)O[C@@H]%12CO)O[C@@H]%11CO)[C@H](O)[C@H]%10O)O[C@@H]9CO)O[C@@H]8CO)O[C@@H]7CO)[C@H](O)[C@H]6O)O[C@@H]5CO)O[C@@H]4CO)O[C@@H]3CO. The summed E-state index contributed by atoms with van der Waals surface area (Å²) in [5.74, 6) is 0. The summed E-state index contributed by atoms with van der Waals surface area (Å²) in [6, 6.07) is 0. The first-order valence-electron chi connectivity index (χ1n) is 38.7. The highest BCUT2D eigenvalue weighted by Crippen LogP contribution is 2.42. The first-order valence-corrected chi connectivity index (χ1v) is 38.7. The van der Waals surface area contributed by atoms with Crippen molar-refractivity contribution in [3.63, 3.8) is 0 Å². The first kappa shape index (κ1) is 97.8. The summed E-state index contributed by atoms with van der Waals surface area (Å²) >= 11 is 0. The Bertz CT molecular complexity index is 2430. The standard InChI is InChI=1S/C66H110O55/c67-1-12-45-23(78)34(89)56(100-12)112-46-13(2-68)102-58(36(91)25(46)80)114-48-15(4-70)104-60(38(93)27(48)82)116-50-17(6-72)106-62(40(95)29(50)84)118-52-19(8-74)108-64(42(97)31(52)86)120-54-21(10-76)110-66(44(99)33(54)88)121-55-22(11-77)109-65(43(98)32(55)87)119-53-20(9-75)107-63(41(96)30(53)85)117-51-18(7-73)105-61(39(94)28(51)83)115-49-16(5-71)103-59(37(92)26(49)81)113-47-14(3-69)101-57(111-45)35(90)24(47)79/h12-99H,1-11H2/t12-,13-,14-,15-,16-,17-,18-,19?,20?,21-,22-,23-,24-,25+,26-,27-,28-,29-,30-,31-,32-,33-,34-,35-,36-,37-,38-,39-,40-,41-,42-,43-,44-,45?,46?,47-,48-,49-,50-,51-,52-,53-,54-,55-,56?,57?,58-,59-,60-,61-,62-,63-,64-,65-,66-/m1/s1. The molecule has 33 N–H and O–H groups in total. The van der Waals surface area contributed by atoms with E-state index >= 15 is 0 Å². The van der Waals surface area contributed by atoms with Crippen LogP contribution in [-0.4, -0.2) is 579 Å². The van der Waals surface area contributed by atoms with E-state index in [1.54, 1.807) is 0 Å². The van der Waals surface area contributed by atoms with E-state index in [9.17, 15) is 169 Å². The maximum absolute atomic E-state index is 11.5. The molecule has 33 saturated heterocycles. The molecule has 0 amide bonds. The van der Waals surface area contributed by atoms with Gasteiger partial charge < -0.3 is 273 Å². The number of aliphatic hydroxyl groups is 33. The van der Waals surface area contributed by atoms with Gasteiger partial charge in [-0.1, -0.05) is 0 Å². The van der Waals surface area contributed by atoms with Gasteiger partial charge in [-0.15, -0.1) is 0 Å². The summed E-state index contributed by atoms with van der Waals surface area (Å²) in [5.41, 5.74) is 0. The molecular formula is C66H110O55. The number of hydrogen-bond acceptors (Lipinski definition) is 55. The van der Waals surface area contributed by atoms with Crippen LogP contribution in [0, 0.1) is 0 Å². The van der Waals surface area contributed by atoms with Gasteiger partial charge >= 0.3 is 0 Å². The molecule has 55 atom stereocenters. The fraction of sp³-hybridized carbons (Fsp3) is 1.00. The average Bonchev–Trinajstić information content (AvgIpc) is 0.772. The van der Waals surface area contributed by atoms with Gasteiger partial charge in [0.2, 0.25) is 0 Å². The molecule has 55 heteroatoms. The van der Waals surface area contributed by atoms with Crippen LogP contribution in [0.2, 0.25) is 0 Å². The van der Waals surface area contributed by atoms with Gasteiger partial charge in [-0.3, -0.25) is 0 Å². The third kappa shape index (κ3) is 19.6. The lowest BCUT2D eigenvalue weighted by Gasteiger charge is -2.50. The van der Waals surface area contributed by atoms with E-state index in [2.05, 4.69) is 0 Å². The van der Waals surface area contributed by atoms with Crippen LogP contribution in [-0.2, 0) is 104 Å². The largest absolute Gasteiger partial charge is 0.394 e. The lowest BCUT2D eigenvalue weighted by atomic mass is 9.95. The van der Waals surface area contributed by atoms with Crippen molar-refractivity contribution in [2.75, 3.05) is 72.7 Å². The maximum atomic E-state index is 11.5. The van der Waals surface area contributed by atoms with E-state index in [0.717, 1.165) is 0 Å². The lowest BCUT2D eigenvalue weighted by molar-refractivity contribution is -0.401. The topological polar surface area (TPSA) is 871 Å². The van der Waals surface area contributed by atoms with Gasteiger partial charge in [0.25, 0.3) is 0 Å². The van der Waals surface area contributed by atoms with Gasteiger partial charge in [0.1, 0.15) is 269 Å². The van der Waals surface area contributed by atoms with Gasteiger partial charge in [-0.05, 0) is 0 Å². The summed E-state index contributed by atoms with van der Waals surface area (Å²) in [6.07, 6.45) is -117. The summed E-state index contributed by atoms with van der Waals surface area (Å²) < 4.78 is 126. The fourth-order valence-electron chi connectivity index (χ4n) is 16.4. The van der Waals surface area contributed by atoms with Crippen LogP contribution >= 0.6 is 0 Å². The predicted molar refractivity (Wildman–Crippen MR) is 359 cm³/mol. The van der Waals surface area contributed by atoms with E-state index in [1.807, 2.05) is 0 Å². The first-order chi connectivity index (χ1) is 57.6. The average molecular weight is 1780 g/mol. The predicted octanol–water partition coefficient (Wildman–Crippen LogP) is -23.9. The van der Waals surface area contributed by atoms with Gasteiger partial charge in [-0.25, -0.2) is 0 Å². The van der Waals surface area contributed by atoms with Crippen LogP contribution < -0.4 is 0 Å². The number of ether oxygens (including phenoxy) is 22. The van der Waals surface area contributed by atoms with Crippen LogP contribution in [0.15, 0.2) is 0 Å². The van der Waals surface area contributed by atoms with Crippen molar-refractivity contribution in [3.8, 4) is 0 Å². The Hall–Kier alpha value is -2.20. The van der Waals surface area contributed by atoms with Gasteiger partial charge in [0.05, 0.1) is 72.7 Å². The summed E-state index contributed by atoms with van der Waals surface area (Å²) in [4.78, 5) is 0. The number of hydrogen-bond donors (Lipinski definition) is 33. The monoisotopic (exact) mass is 1780 g/mol. The third-order valence-electron chi connectivity index (χ3n) is 23.2. The molecule has 0 aromatic carbocycles. The second-order valence-electron chi connectivity index (χ2n) is 30.9. The van der Waals surface area contributed by atoms with Crippen molar-refractivity contribution in [2.24, 2.45) is 0 Å². The minimum atomic E-state index is -2.34. The minimum Gasteiger partial charge on any atom is -0.394 e. The molecule has 33 rings (SSSR count). The molecule has 0 aromatic heterocycles. The molecule has 704 valence electrons. The Kier molecular flexibility index (Phi) is 33.9. The molecule has 0 aromatic rings. The van der Waals surface area contributed by atoms with E-state index in [4.69, 9.17) is 104 Å². The summed E-state index contributed by atoms with van der Waals surface area (Å²) in [6.45, 7) is -12.7. The quantitative estimate of drug-likeness (QED) is 0.0913. The van der Waals surface area contributed by atoms with Crippen molar-refractivity contribution in [1.29, 1.82) is 0 Å². The highest BCUT2D eigenvalue weighted by atomic mass is 16.8. The van der Waals surface area contributed by atoms with Gasteiger partial charge in [0, 0.05) is 0 Å². The Balaban J connectivity index is 0.766. The highest BCUT2D eigenvalue weighted by Gasteiger charge is 2.63. The Morgan fingerprint density at radius 3 is 0.223 bits per heavy atom. The maximum Gasteiger partial charge on any atom is 0.187 e. The molecule has 33 aliphatic rings. The summed E-state index contributed by atoms with van der Waals surface area (Å²) in [5, 5.41) is 369. The van der Waals surface area contributed by atoms with Crippen molar-refractivity contribution in [2.45, 2.75) is 338 Å². The second-order valence-corrected chi connectivity index (χ2v) is 30.9. The van der Waals surface area contributed by atoms with Crippen LogP contribution in [0.4, 0.5) is 0 Å². The Labute approximate surface area is 681 Å². The Morgan fingerprint density at radius 1 is 0.0992 bits per heavy atom. The molecule has 121 heavy (non-hydrogen) atoms. The third-order valence-corrected chi connectivity index (χ3v) is 23.2. The smallest absolute Gasteiger partial charge is 0.187 e. The molecule has 33 aliphatic heterocycles. The molecule has 0 saturated carbocycles. The van der Waals surface area contributed by atoms with E-state index in [-0.39, 0.29) is 0 Å². The van der Waals surface area contributed by atoms with Crippen molar-refractivity contribution < 1.29 is 273 Å². The van der Waals surface area contributed by atoms with Crippen LogP contribution in [0.5, 0.6) is 0 Å². The normalized spacial score (nSPS) is 55.4. The zero-order valence-corrected chi connectivity index (χ0v) is 63.3. The molecule has 55 nitrogen and oxygen atoms in total. The molecule has 0 radical (unpaired) electrons. The molecule has 6 unspecified atom stereocenters. The zero-order valence-electron chi connectivity index (χ0n) is 63.3. The molecule has 0 spiro atoms. The molecule has 22 bridgehead atoms. The van der Waals surface area contributed by atoms with Crippen molar-refractivity contribution >= 4 is 0 Å². The Morgan fingerprint density at radius 2 is 0.165 bits per heavy atom. The second kappa shape index (κ2) is 41.9. The van der Waals surface area contributed by atoms with E-state index in [0.29, 0.717) is 0 Å². The van der Waals surface area contributed by atoms with E-state index in [1.165, 1.54) is 0 Å². The summed E-state index contributed by atoms with van der Waals surface area (Å²) in [7, 11) is 0. The molecular weight excluding hydrogens is 1670 g/mol. The van der Waals surface area contributed by atoms with Crippen molar-refractivity contribution in [3.05, 3.63) is 0 Å². The number of rotatable bonds is 11.